The van der Waals surface area contributed by atoms with Gasteiger partial charge < -0.3 is 4.42 Å². The van der Waals surface area contributed by atoms with E-state index in [1.165, 1.54) is 16.2 Å². The van der Waals surface area contributed by atoms with Crippen molar-refractivity contribution in [3.05, 3.63) is 205 Å². The molecule has 0 aliphatic heterocycles. The summed E-state index contributed by atoms with van der Waals surface area (Å²) in [7, 11) is 0. The van der Waals surface area contributed by atoms with E-state index in [1.54, 1.807) is 0 Å². The summed E-state index contributed by atoms with van der Waals surface area (Å²) < 4.78 is 6.19. The minimum atomic E-state index is 0.139. The van der Waals surface area contributed by atoms with E-state index < -0.39 is 0 Å². The van der Waals surface area contributed by atoms with Crippen LogP contribution in [0.1, 0.15) is 16.7 Å². The lowest BCUT2D eigenvalue weighted by molar-refractivity contribution is 0.669. The van der Waals surface area contributed by atoms with E-state index in [0.29, 0.717) is 11.4 Å². The number of nitrogens with one attached hydrogen (secondary N) is 1. The van der Waals surface area contributed by atoms with Gasteiger partial charge in [0.2, 0.25) is 0 Å². The van der Waals surface area contributed by atoms with Gasteiger partial charge in [-0.25, -0.2) is 9.98 Å². The summed E-state index contributed by atoms with van der Waals surface area (Å²) in [6.45, 7) is 0. The zero-order valence-corrected chi connectivity index (χ0v) is 29.8. The van der Waals surface area contributed by atoms with E-state index in [4.69, 9.17) is 19.8 Å². The first kappa shape index (κ1) is 32.2. The molecule has 258 valence electrons. The van der Waals surface area contributed by atoms with Crippen LogP contribution in [0.15, 0.2) is 202 Å². The second-order valence-corrected chi connectivity index (χ2v) is 13.8. The van der Waals surface area contributed by atoms with E-state index in [2.05, 4.69) is 115 Å². The van der Waals surface area contributed by atoms with Crippen LogP contribution < -0.4 is 0 Å². The van der Waals surface area contributed by atoms with Gasteiger partial charge in [0, 0.05) is 33.7 Å². The first-order chi connectivity index (χ1) is 27.2. The number of amidine groups is 2. The van der Waals surface area contributed by atoms with Crippen LogP contribution >= 0.6 is 0 Å². The molecule has 0 unspecified atom stereocenters. The molecule has 1 heterocycles. The molecule has 9 aromatic carbocycles. The second kappa shape index (κ2) is 13.5. The average Bonchev–Trinajstić information content (AvgIpc) is 3.63. The molecular weight excluding hydrogens is 671 g/mol. The number of hydrogen-bond acceptors (Lipinski definition) is 2. The maximum atomic E-state index is 9.15. The highest BCUT2D eigenvalue weighted by Gasteiger charge is 2.13. The zero-order valence-electron chi connectivity index (χ0n) is 29.8. The summed E-state index contributed by atoms with van der Waals surface area (Å²) in [4.78, 5) is 10.0. The molecule has 0 saturated heterocycles. The zero-order chi connectivity index (χ0) is 36.7. The SMILES string of the molecule is N=C(N=C(N=Cc1c2ccccc2cc2c1ccc1ccccc12)c1ccc(-c2ccc3c(c2)oc2ccccc23)cc1)c1ccc(-c2ccccc2)cc1. The number of para-hydroxylation sites is 1. The van der Waals surface area contributed by atoms with Crippen LogP contribution in [0.3, 0.4) is 0 Å². The monoisotopic (exact) mass is 703 g/mol. The van der Waals surface area contributed by atoms with Crippen molar-refractivity contribution < 1.29 is 4.42 Å². The largest absolute Gasteiger partial charge is 0.456 e. The molecule has 1 aromatic heterocycles. The Bertz CT molecular complexity index is 3140. The standard InChI is InChI=1S/C51H33N3O/c52-50(37-22-18-34(19-23-37)33-10-2-1-3-11-33)54-51(38-24-20-35(21-25-38)39-27-29-45-44-16-8-9-17-48(44)55-49(45)31-39)53-32-47-42-15-7-5-13-40(42)30-46-41-14-6-4-12-36(41)26-28-43(46)47/h1-32,52H. The van der Waals surface area contributed by atoms with Gasteiger partial charge >= 0.3 is 0 Å². The van der Waals surface area contributed by atoms with Crippen LogP contribution in [0.5, 0.6) is 0 Å². The Morgan fingerprint density at radius 3 is 1.80 bits per heavy atom. The molecule has 0 radical (unpaired) electrons. The molecule has 0 aliphatic carbocycles. The first-order valence-electron chi connectivity index (χ1n) is 18.4. The molecule has 0 amide bonds. The molecule has 55 heavy (non-hydrogen) atoms. The Kier molecular flexibility index (Phi) is 7.93. The summed E-state index contributed by atoms with van der Waals surface area (Å²) >= 11 is 0. The molecule has 10 aromatic rings. The molecule has 0 bridgehead atoms. The molecule has 0 aliphatic rings. The van der Waals surface area contributed by atoms with Crippen molar-refractivity contribution in [1.29, 1.82) is 5.41 Å². The van der Waals surface area contributed by atoms with Gasteiger partial charge in [-0.3, -0.25) is 5.41 Å². The molecule has 1 N–H and O–H groups in total. The molecule has 4 heteroatoms. The molecule has 4 nitrogen and oxygen atoms in total. The van der Waals surface area contributed by atoms with Crippen molar-refractivity contribution in [2.45, 2.75) is 0 Å². The topological polar surface area (TPSA) is 61.7 Å². The highest BCUT2D eigenvalue weighted by molar-refractivity contribution is 6.22. The van der Waals surface area contributed by atoms with E-state index in [-0.39, 0.29) is 5.84 Å². The fourth-order valence-electron chi connectivity index (χ4n) is 7.63. The lowest BCUT2D eigenvalue weighted by Gasteiger charge is -2.11. The highest BCUT2D eigenvalue weighted by Crippen LogP contribution is 2.34. The Labute approximate surface area is 317 Å². The van der Waals surface area contributed by atoms with Gasteiger partial charge in [-0.1, -0.05) is 164 Å². The van der Waals surface area contributed by atoms with Crippen molar-refractivity contribution in [2.24, 2.45) is 9.98 Å². The molecular formula is C51H33N3O. The summed E-state index contributed by atoms with van der Waals surface area (Å²) in [5, 5.41) is 18.3. The number of rotatable bonds is 5. The number of furan rings is 1. The predicted octanol–water partition coefficient (Wildman–Crippen LogP) is 13.3. The lowest BCUT2D eigenvalue weighted by atomic mass is 9.94. The van der Waals surface area contributed by atoms with E-state index in [0.717, 1.165) is 71.5 Å². The van der Waals surface area contributed by atoms with Crippen molar-refractivity contribution in [2.75, 3.05) is 0 Å². The van der Waals surface area contributed by atoms with Crippen molar-refractivity contribution in [1.82, 2.24) is 0 Å². The Balaban J connectivity index is 1.07. The molecule has 0 atom stereocenters. The first-order valence-corrected chi connectivity index (χ1v) is 18.4. The normalized spacial score (nSPS) is 12.1. The fourth-order valence-corrected chi connectivity index (χ4v) is 7.63. The number of benzene rings is 9. The van der Waals surface area contributed by atoms with Crippen LogP contribution in [-0.4, -0.2) is 17.9 Å². The Morgan fingerprint density at radius 2 is 1.00 bits per heavy atom. The molecule has 10 rings (SSSR count). The number of fused-ring (bicyclic) bond motifs is 7. The van der Waals surface area contributed by atoms with Crippen molar-refractivity contribution in [3.63, 3.8) is 0 Å². The summed E-state index contributed by atoms with van der Waals surface area (Å²) in [5.41, 5.74) is 8.60. The number of hydrogen-bond donors (Lipinski definition) is 1. The maximum absolute atomic E-state index is 9.15. The third-order valence-electron chi connectivity index (χ3n) is 10.5. The smallest absolute Gasteiger partial charge is 0.161 e. The molecule has 0 saturated carbocycles. The average molecular weight is 704 g/mol. The summed E-state index contributed by atoms with van der Waals surface area (Å²) in [5.74, 6) is 0.596. The second-order valence-electron chi connectivity index (χ2n) is 13.8. The number of nitrogens with zero attached hydrogens (tertiary/aromatic N) is 2. The highest BCUT2D eigenvalue weighted by atomic mass is 16.3. The maximum Gasteiger partial charge on any atom is 0.161 e. The minimum absolute atomic E-state index is 0.139. The van der Waals surface area contributed by atoms with Crippen LogP contribution in [0.2, 0.25) is 0 Å². The number of aliphatic imine (C=N–C) groups is 2. The van der Waals surface area contributed by atoms with Gasteiger partial charge in [-0.2, -0.15) is 0 Å². The van der Waals surface area contributed by atoms with Gasteiger partial charge in [0.15, 0.2) is 11.7 Å². The van der Waals surface area contributed by atoms with Crippen LogP contribution in [0, 0.1) is 5.41 Å². The third kappa shape index (κ3) is 5.96. The molecule has 0 spiro atoms. The van der Waals surface area contributed by atoms with E-state index in [9.17, 15) is 0 Å². The fraction of sp³-hybridized carbons (Fsp3) is 0. The quantitative estimate of drug-likeness (QED) is 0.0825. The summed E-state index contributed by atoms with van der Waals surface area (Å²) in [6.07, 6.45) is 1.92. The third-order valence-corrected chi connectivity index (χ3v) is 10.5. The van der Waals surface area contributed by atoms with Gasteiger partial charge in [0.05, 0.1) is 0 Å². The van der Waals surface area contributed by atoms with Crippen LogP contribution in [0.25, 0.3) is 76.5 Å². The van der Waals surface area contributed by atoms with E-state index in [1.807, 2.05) is 79.0 Å². The Morgan fingerprint density at radius 1 is 0.418 bits per heavy atom. The van der Waals surface area contributed by atoms with E-state index >= 15 is 0 Å². The van der Waals surface area contributed by atoms with Crippen LogP contribution in [-0.2, 0) is 0 Å². The lowest BCUT2D eigenvalue weighted by Crippen LogP contribution is -2.05. The Hall–Kier alpha value is -7.43. The van der Waals surface area contributed by atoms with Crippen molar-refractivity contribution in [3.8, 4) is 22.3 Å². The van der Waals surface area contributed by atoms with Gasteiger partial charge in [-0.15, -0.1) is 0 Å². The van der Waals surface area contributed by atoms with Gasteiger partial charge in [-0.05, 0) is 78.8 Å². The van der Waals surface area contributed by atoms with Crippen LogP contribution in [0.4, 0.5) is 0 Å². The van der Waals surface area contributed by atoms with Gasteiger partial charge in [0.1, 0.15) is 11.2 Å². The van der Waals surface area contributed by atoms with Crippen molar-refractivity contribution >= 4 is 72.1 Å². The summed E-state index contributed by atoms with van der Waals surface area (Å²) in [6, 6.07) is 64.5. The molecule has 0 fully saturated rings. The predicted molar refractivity (Wildman–Crippen MR) is 231 cm³/mol. The minimum Gasteiger partial charge on any atom is -0.456 e. The van der Waals surface area contributed by atoms with Gasteiger partial charge in [0.25, 0.3) is 0 Å².